The van der Waals surface area contributed by atoms with E-state index in [0.717, 1.165) is 0 Å². The van der Waals surface area contributed by atoms with E-state index in [4.69, 9.17) is 5.26 Å². The monoisotopic (exact) mass is 371 g/mol. The Morgan fingerprint density at radius 2 is 1.81 bits per heavy atom. The van der Waals surface area contributed by atoms with Gasteiger partial charge in [0.2, 0.25) is 0 Å². The maximum Gasteiger partial charge on any atom is 0.255 e. The van der Waals surface area contributed by atoms with Crippen LogP contribution in [0.2, 0.25) is 0 Å². The third kappa shape index (κ3) is 5.58. The predicted molar refractivity (Wildman–Crippen MR) is 105 cm³/mol. The van der Waals surface area contributed by atoms with Crippen molar-refractivity contribution in [3.05, 3.63) is 65.2 Å². The first-order valence-electron chi connectivity index (χ1n) is 8.31. The number of rotatable bonds is 7. The summed E-state index contributed by atoms with van der Waals surface area (Å²) in [7, 11) is 0. The van der Waals surface area contributed by atoms with Gasteiger partial charge in [0.1, 0.15) is 5.67 Å². The molecular formula is C20H22FN3OS. The predicted octanol–water partition coefficient (Wildman–Crippen LogP) is 4.64. The molecule has 0 bridgehead atoms. The van der Waals surface area contributed by atoms with E-state index in [0.29, 0.717) is 27.6 Å². The summed E-state index contributed by atoms with van der Waals surface area (Å²) in [5, 5.41) is 11.9. The number of nitriles is 1. The van der Waals surface area contributed by atoms with Crippen LogP contribution in [0.5, 0.6) is 0 Å². The summed E-state index contributed by atoms with van der Waals surface area (Å²) >= 11 is 1.50. The molecule has 26 heavy (non-hydrogen) atoms. The van der Waals surface area contributed by atoms with Gasteiger partial charge < -0.3 is 5.32 Å². The number of carbonyl (C=O) groups is 1. The van der Waals surface area contributed by atoms with E-state index < -0.39 is 5.67 Å². The Morgan fingerprint density at radius 1 is 1.19 bits per heavy atom. The topological polar surface area (TPSA) is 64.9 Å². The Hall–Kier alpha value is -2.36. The number of nitrogens with one attached hydrogen (secondary N) is 2. The van der Waals surface area contributed by atoms with E-state index in [1.54, 1.807) is 48.5 Å². The van der Waals surface area contributed by atoms with Crippen LogP contribution in [0.4, 0.5) is 10.1 Å². The molecule has 1 amide bonds. The standard InChI is InChI=1S/C20H22FN3OS/c1-14(2)26-23-13-20(3,21)17-8-10-18(11-9-17)24-19(25)16-6-4-15(12-22)5-7-16/h4-11,14,23H,13H2,1-3H3,(H,24,25). The molecule has 0 spiro atoms. The van der Waals surface area contributed by atoms with E-state index >= 15 is 0 Å². The van der Waals surface area contributed by atoms with Gasteiger partial charge in [-0.3, -0.25) is 9.52 Å². The molecule has 6 heteroatoms. The van der Waals surface area contributed by atoms with Crippen LogP contribution < -0.4 is 10.0 Å². The second-order valence-electron chi connectivity index (χ2n) is 6.41. The van der Waals surface area contributed by atoms with Crippen LogP contribution in [0.15, 0.2) is 48.5 Å². The maximum atomic E-state index is 14.8. The number of alkyl halides is 1. The van der Waals surface area contributed by atoms with Crippen LogP contribution in [0, 0.1) is 11.3 Å². The summed E-state index contributed by atoms with van der Waals surface area (Å²) in [6.07, 6.45) is 0. The van der Waals surface area contributed by atoms with Crippen molar-refractivity contribution in [1.29, 1.82) is 5.26 Å². The first-order chi connectivity index (χ1) is 12.3. The molecule has 0 aliphatic carbocycles. The fraction of sp³-hybridized carbons (Fsp3) is 0.300. The lowest BCUT2D eigenvalue weighted by molar-refractivity contribution is 0.102. The van der Waals surface area contributed by atoms with Gasteiger partial charge in [-0.1, -0.05) is 37.9 Å². The average molecular weight is 371 g/mol. The zero-order valence-electron chi connectivity index (χ0n) is 15.0. The van der Waals surface area contributed by atoms with Crippen molar-refractivity contribution in [1.82, 2.24) is 4.72 Å². The normalized spacial score (nSPS) is 13.1. The largest absolute Gasteiger partial charge is 0.322 e. The van der Waals surface area contributed by atoms with Crippen molar-refractivity contribution in [3.63, 3.8) is 0 Å². The van der Waals surface area contributed by atoms with Crippen LogP contribution in [0.25, 0.3) is 0 Å². The maximum absolute atomic E-state index is 14.8. The van der Waals surface area contributed by atoms with Gasteiger partial charge in [0, 0.05) is 23.0 Å². The lowest BCUT2D eigenvalue weighted by atomic mass is 9.98. The van der Waals surface area contributed by atoms with Crippen molar-refractivity contribution < 1.29 is 9.18 Å². The molecule has 1 unspecified atom stereocenters. The number of nitrogens with zero attached hydrogens (tertiary/aromatic N) is 1. The minimum atomic E-state index is -1.50. The first kappa shape index (κ1) is 20.0. The summed E-state index contributed by atoms with van der Waals surface area (Å²) in [6.45, 7) is 5.81. The number of halogens is 1. The Morgan fingerprint density at radius 3 is 2.35 bits per heavy atom. The molecule has 136 valence electrons. The van der Waals surface area contributed by atoms with E-state index in [1.165, 1.54) is 18.9 Å². The highest BCUT2D eigenvalue weighted by atomic mass is 32.2. The second-order valence-corrected chi connectivity index (χ2v) is 7.87. The number of hydrogen-bond donors (Lipinski definition) is 2. The highest BCUT2D eigenvalue weighted by Gasteiger charge is 2.25. The number of benzene rings is 2. The highest BCUT2D eigenvalue weighted by molar-refractivity contribution is 7.97. The molecule has 0 heterocycles. The molecule has 1 atom stereocenters. The Bertz CT molecular complexity index is 780. The molecule has 0 radical (unpaired) electrons. The highest BCUT2D eigenvalue weighted by Crippen LogP contribution is 2.27. The van der Waals surface area contributed by atoms with Gasteiger partial charge in [0.25, 0.3) is 5.91 Å². The first-order valence-corrected chi connectivity index (χ1v) is 9.19. The lowest BCUT2D eigenvalue weighted by Gasteiger charge is -2.22. The van der Waals surface area contributed by atoms with E-state index in [2.05, 4.69) is 10.0 Å². The minimum Gasteiger partial charge on any atom is -0.322 e. The van der Waals surface area contributed by atoms with Gasteiger partial charge >= 0.3 is 0 Å². The average Bonchev–Trinajstić information content (AvgIpc) is 2.61. The number of carbonyl (C=O) groups excluding carboxylic acids is 1. The molecular weight excluding hydrogens is 349 g/mol. The van der Waals surface area contributed by atoms with Crippen molar-refractivity contribution in [2.75, 3.05) is 11.9 Å². The Kier molecular flexibility index (Phi) is 6.78. The molecule has 4 nitrogen and oxygen atoms in total. The number of hydrogen-bond acceptors (Lipinski definition) is 4. The van der Waals surface area contributed by atoms with Crippen molar-refractivity contribution >= 4 is 23.5 Å². The van der Waals surface area contributed by atoms with Crippen LogP contribution in [-0.2, 0) is 5.67 Å². The van der Waals surface area contributed by atoms with Crippen LogP contribution in [0.3, 0.4) is 0 Å². The Balaban J connectivity index is 1.99. The minimum absolute atomic E-state index is 0.201. The number of anilines is 1. The lowest BCUT2D eigenvalue weighted by Crippen LogP contribution is -2.29. The van der Waals surface area contributed by atoms with Crippen LogP contribution >= 0.6 is 11.9 Å². The summed E-state index contributed by atoms with van der Waals surface area (Å²) < 4.78 is 17.9. The van der Waals surface area contributed by atoms with Crippen molar-refractivity contribution in [3.8, 4) is 6.07 Å². The summed E-state index contributed by atoms with van der Waals surface area (Å²) in [6, 6.07) is 15.1. The Labute approximate surface area is 157 Å². The van der Waals surface area contributed by atoms with E-state index in [1.807, 2.05) is 19.9 Å². The smallest absolute Gasteiger partial charge is 0.255 e. The van der Waals surface area contributed by atoms with Gasteiger partial charge in [-0.25, -0.2) is 4.39 Å². The fourth-order valence-corrected chi connectivity index (χ4v) is 2.93. The molecule has 0 saturated heterocycles. The zero-order chi connectivity index (χ0) is 19.2. The molecule has 0 aliphatic heterocycles. The molecule has 0 aliphatic rings. The SMILES string of the molecule is CC(C)SNCC(C)(F)c1ccc(NC(=O)c2ccc(C#N)cc2)cc1. The third-order valence-corrected chi connectivity index (χ3v) is 4.53. The zero-order valence-corrected chi connectivity index (χ0v) is 15.9. The molecule has 0 fully saturated rings. The van der Waals surface area contributed by atoms with Crippen molar-refractivity contribution in [2.45, 2.75) is 31.7 Å². The summed E-state index contributed by atoms with van der Waals surface area (Å²) in [5.41, 5.74) is 0.585. The molecule has 2 aromatic rings. The quantitative estimate of drug-likeness (QED) is 0.696. The van der Waals surface area contributed by atoms with Gasteiger partial charge in [-0.2, -0.15) is 5.26 Å². The molecule has 2 N–H and O–H groups in total. The fourth-order valence-electron chi connectivity index (χ4n) is 2.25. The number of amides is 1. The van der Waals surface area contributed by atoms with Crippen LogP contribution in [-0.4, -0.2) is 17.7 Å². The van der Waals surface area contributed by atoms with Gasteiger partial charge in [0.05, 0.1) is 11.6 Å². The van der Waals surface area contributed by atoms with Gasteiger partial charge in [-0.15, -0.1) is 0 Å². The van der Waals surface area contributed by atoms with Gasteiger partial charge in [-0.05, 0) is 48.9 Å². The summed E-state index contributed by atoms with van der Waals surface area (Å²) in [4.78, 5) is 12.2. The van der Waals surface area contributed by atoms with E-state index in [-0.39, 0.29) is 12.5 Å². The third-order valence-electron chi connectivity index (χ3n) is 3.74. The second kappa shape index (κ2) is 8.84. The van der Waals surface area contributed by atoms with Gasteiger partial charge in [0.15, 0.2) is 0 Å². The molecule has 0 aromatic heterocycles. The van der Waals surface area contributed by atoms with E-state index in [9.17, 15) is 9.18 Å². The molecule has 2 rings (SSSR count). The molecule has 0 saturated carbocycles. The summed E-state index contributed by atoms with van der Waals surface area (Å²) in [5.74, 6) is -0.278. The van der Waals surface area contributed by atoms with Crippen molar-refractivity contribution in [2.24, 2.45) is 0 Å². The molecule has 2 aromatic carbocycles. The van der Waals surface area contributed by atoms with Crippen LogP contribution in [0.1, 0.15) is 42.3 Å².